The SMILES string of the molecule is COc1cc(OC)cc(C(=O)N[C@H](C(=O)Nc2nccs2)C(C)C)c1. The molecule has 0 spiro atoms. The Kier molecular flexibility index (Phi) is 6.35. The third kappa shape index (κ3) is 4.93. The number of ether oxygens (including phenoxy) is 2. The molecule has 0 radical (unpaired) electrons. The van der Waals surface area contributed by atoms with Crippen molar-refractivity contribution in [2.24, 2.45) is 5.92 Å². The third-order valence-electron chi connectivity index (χ3n) is 3.51. The molecule has 8 heteroatoms. The van der Waals surface area contributed by atoms with Gasteiger partial charge in [0.2, 0.25) is 5.91 Å². The molecule has 0 unspecified atom stereocenters. The Morgan fingerprint density at radius 1 is 1.12 bits per heavy atom. The fraction of sp³-hybridized carbons (Fsp3) is 0.353. The van der Waals surface area contributed by atoms with Gasteiger partial charge in [0.15, 0.2) is 5.13 Å². The molecule has 7 nitrogen and oxygen atoms in total. The van der Waals surface area contributed by atoms with Crippen molar-refractivity contribution in [3.05, 3.63) is 35.3 Å². The first kappa shape index (κ1) is 18.7. The van der Waals surface area contributed by atoms with E-state index in [1.54, 1.807) is 29.8 Å². The highest BCUT2D eigenvalue weighted by Gasteiger charge is 2.25. The summed E-state index contributed by atoms with van der Waals surface area (Å²) in [5.41, 5.74) is 0.351. The van der Waals surface area contributed by atoms with Crippen molar-refractivity contribution in [3.63, 3.8) is 0 Å². The van der Waals surface area contributed by atoms with Crippen molar-refractivity contribution in [1.29, 1.82) is 0 Å². The Bertz CT molecular complexity index is 709. The summed E-state index contributed by atoms with van der Waals surface area (Å²) in [5.74, 6) is 0.199. The molecule has 0 saturated carbocycles. The summed E-state index contributed by atoms with van der Waals surface area (Å²) in [6, 6.07) is 4.15. The van der Waals surface area contributed by atoms with Gasteiger partial charge in [0.05, 0.1) is 14.2 Å². The third-order valence-corrected chi connectivity index (χ3v) is 4.20. The van der Waals surface area contributed by atoms with Gasteiger partial charge in [0.1, 0.15) is 17.5 Å². The van der Waals surface area contributed by atoms with Gasteiger partial charge < -0.3 is 20.1 Å². The van der Waals surface area contributed by atoms with E-state index in [-0.39, 0.29) is 17.7 Å². The predicted octanol–water partition coefficient (Wildman–Crippen LogP) is 2.55. The second kappa shape index (κ2) is 8.48. The number of hydrogen-bond acceptors (Lipinski definition) is 6. The van der Waals surface area contributed by atoms with E-state index in [4.69, 9.17) is 9.47 Å². The number of carbonyl (C=O) groups is 2. The number of methoxy groups -OCH3 is 2. The van der Waals surface area contributed by atoms with Crippen LogP contribution in [0.1, 0.15) is 24.2 Å². The molecule has 1 atom stereocenters. The zero-order valence-electron chi connectivity index (χ0n) is 14.5. The summed E-state index contributed by atoms with van der Waals surface area (Å²) < 4.78 is 10.3. The first-order valence-electron chi connectivity index (χ1n) is 7.69. The van der Waals surface area contributed by atoms with Crippen molar-refractivity contribution in [3.8, 4) is 11.5 Å². The van der Waals surface area contributed by atoms with E-state index in [0.717, 1.165) is 0 Å². The molecular formula is C17H21N3O4S. The number of thiazole rings is 1. The van der Waals surface area contributed by atoms with E-state index in [1.807, 2.05) is 13.8 Å². The van der Waals surface area contributed by atoms with Crippen LogP contribution in [0.5, 0.6) is 11.5 Å². The quantitative estimate of drug-likeness (QED) is 0.789. The standard InChI is InChI=1S/C17H21N3O4S/c1-10(2)14(16(22)20-17-18-5-6-25-17)19-15(21)11-7-12(23-3)9-13(8-11)24-4/h5-10,14H,1-4H3,(H,19,21)(H,18,20,22)/t14-/m0/s1. The van der Waals surface area contributed by atoms with Crippen LogP contribution in [-0.2, 0) is 4.79 Å². The molecule has 0 fully saturated rings. The number of carbonyl (C=O) groups excluding carboxylic acids is 2. The zero-order valence-corrected chi connectivity index (χ0v) is 15.3. The summed E-state index contributed by atoms with van der Waals surface area (Å²) in [7, 11) is 3.02. The lowest BCUT2D eigenvalue weighted by atomic mass is 10.0. The molecular weight excluding hydrogens is 342 g/mol. The Morgan fingerprint density at radius 2 is 1.76 bits per heavy atom. The molecule has 1 aromatic heterocycles. The average molecular weight is 363 g/mol. The van der Waals surface area contributed by atoms with E-state index in [1.165, 1.54) is 25.6 Å². The molecule has 0 bridgehead atoms. The molecule has 0 aliphatic rings. The predicted molar refractivity (Wildman–Crippen MR) is 96.4 cm³/mol. The van der Waals surface area contributed by atoms with Crippen LogP contribution in [0, 0.1) is 5.92 Å². The lowest BCUT2D eigenvalue weighted by molar-refractivity contribution is -0.118. The van der Waals surface area contributed by atoms with Crippen molar-refractivity contribution in [2.75, 3.05) is 19.5 Å². The van der Waals surface area contributed by atoms with Crippen LogP contribution in [0.25, 0.3) is 0 Å². The van der Waals surface area contributed by atoms with E-state index >= 15 is 0 Å². The molecule has 1 aromatic carbocycles. The summed E-state index contributed by atoms with van der Waals surface area (Å²) >= 11 is 1.32. The maximum atomic E-state index is 12.6. The van der Waals surface area contributed by atoms with Gasteiger partial charge >= 0.3 is 0 Å². The molecule has 0 saturated heterocycles. The smallest absolute Gasteiger partial charge is 0.252 e. The normalized spacial score (nSPS) is 11.7. The minimum atomic E-state index is -0.700. The molecule has 2 N–H and O–H groups in total. The van der Waals surface area contributed by atoms with Gasteiger partial charge in [0.25, 0.3) is 5.91 Å². The summed E-state index contributed by atoms with van der Waals surface area (Å²) in [6.45, 7) is 3.72. The number of aromatic nitrogens is 1. The Labute approximate surface area is 150 Å². The number of nitrogens with one attached hydrogen (secondary N) is 2. The Morgan fingerprint density at radius 3 is 2.24 bits per heavy atom. The molecule has 0 aliphatic carbocycles. The zero-order chi connectivity index (χ0) is 18.4. The number of hydrogen-bond donors (Lipinski definition) is 2. The van der Waals surface area contributed by atoms with Crippen LogP contribution in [0.2, 0.25) is 0 Å². The lowest BCUT2D eigenvalue weighted by Gasteiger charge is -2.21. The van der Waals surface area contributed by atoms with Crippen LogP contribution in [0.4, 0.5) is 5.13 Å². The average Bonchev–Trinajstić information content (AvgIpc) is 3.11. The van der Waals surface area contributed by atoms with Gasteiger partial charge in [-0.15, -0.1) is 11.3 Å². The summed E-state index contributed by atoms with van der Waals surface area (Å²) in [5, 5.41) is 7.73. The number of rotatable bonds is 7. The maximum Gasteiger partial charge on any atom is 0.252 e. The van der Waals surface area contributed by atoms with Crippen molar-refractivity contribution in [1.82, 2.24) is 10.3 Å². The molecule has 0 aliphatic heterocycles. The molecule has 2 aromatic rings. The van der Waals surface area contributed by atoms with Crippen LogP contribution in [-0.4, -0.2) is 37.1 Å². The maximum absolute atomic E-state index is 12.6. The van der Waals surface area contributed by atoms with E-state index in [2.05, 4.69) is 15.6 Å². The van der Waals surface area contributed by atoms with Crippen LogP contribution < -0.4 is 20.1 Å². The van der Waals surface area contributed by atoms with Crippen LogP contribution in [0.15, 0.2) is 29.8 Å². The highest BCUT2D eigenvalue weighted by Crippen LogP contribution is 2.22. The minimum Gasteiger partial charge on any atom is -0.497 e. The van der Waals surface area contributed by atoms with E-state index in [9.17, 15) is 9.59 Å². The number of anilines is 1. The second-order valence-corrected chi connectivity index (χ2v) is 6.52. The monoisotopic (exact) mass is 363 g/mol. The van der Waals surface area contributed by atoms with Crippen LogP contribution >= 0.6 is 11.3 Å². The first-order valence-corrected chi connectivity index (χ1v) is 8.57. The van der Waals surface area contributed by atoms with Crippen molar-refractivity contribution < 1.29 is 19.1 Å². The summed E-state index contributed by atoms with van der Waals surface area (Å²) in [6.07, 6.45) is 1.60. The molecule has 2 rings (SSSR count). The molecule has 134 valence electrons. The minimum absolute atomic E-state index is 0.101. The highest BCUT2D eigenvalue weighted by atomic mass is 32.1. The number of nitrogens with zero attached hydrogens (tertiary/aromatic N) is 1. The van der Waals surface area contributed by atoms with E-state index < -0.39 is 6.04 Å². The Hall–Kier alpha value is -2.61. The molecule has 2 amide bonds. The molecule has 1 heterocycles. The molecule has 25 heavy (non-hydrogen) atoms. The van der Waals surface area contributed by atoms with Crippen molar-refractivity contribution >= 4 is 28.3 Å². The Balaban J connectivity index is 2.16. The topological polar surface area (TPSA) is 89.5 Å². The fourth-order valence-electron chi connectivity index (χ4n) is 2.17. The number of amides is 2. The highest BCUT2D eigenvalue weighted by molar-refractivity contribution is 7.13. The van der Waals surface area contributed by atoms with Gasteiger partial charge in [-0.3, -0.25) is 9.59 Å². The van der Waals surface area contributed by atoms with Gasteiger partial charge in [0, 0.05) is 23.2 Å². The van der Waals surface area contributed by atoms with Gasteiger partial charge in [-0.25, -0.2) is 4.98 Å². The van der Waals surface area contributed by atoms with E-state index in [0.29, 0.717) is 22.2 Å². The fourth-order valence-corrected chi connectivity index (χ4v) is 2.70. The first-order chi connectivity index (χ1) is 11.9. The number of benzene rings is 1. The van der Waals surface area contributed by atoms with Gasteiger partial charge in [-0.05, 0) is 18.1 Å². The van der Waals surface area contributed by atoms with Gasteiger partial charge in [-0.2, -0.15) is 0 Å². The van der Waals surface area contributed by atoms with Crippen molar-refractivity contribution in [2.45, 2.75) is 19.9 Å². The van der Waals surface area contributed by atoms with Crippen LogP contribution in [0.3, 0.4) is 0 Å². The van der Waals surface area contributed by atoms with Gasteiger partial charge in [-0.1, -0.05) is 13.8 Å². The lowest BCUT2D eigenvalue weighted by Crippen LogP contribution is -2.47. The second-order valence-electron chi connectivity index (χ2n) is 5.62. The summed E-state index contributed by atoms with van der Waals surface area (Å²) in [4.78, 5) is 29.1. The largest absolute Gasteiger partial charge is 0.497 e.